The van der Waals surface area contributed by atoms with Crippen molar-refractivity contribution in [3.05, 3.63) is 40.8 Å². The quantitative estimate of drug-likeness (QED) is 0.734. The molecule has 0 aliphatic heterocycles. The smallest absolute Gasteiger partial charge is 0.273 e. The van der Waals surface area contributed by atoms with Crippen molar-refractivity contribution in [3.8, 4) is 17.2 Å². The first-order valence-electron chi connectivity index (χ1n) is 7.00. The van der Waals surface area contributed by atoms with Gasteiger partial charge in [-0.05, 0) is 32.0 Å². The molecular weight excluding hydrogens is 316 g/mol. The largest absolute Gasteiger partial charge is 0.502 e. The van der Waals surface area contributed by atoms with E-state index in [-0.39, 0.29) is 22.8 Å². The molecule has 2 aromatic rings. The number of amides is 2. The zero-order valence-corrected chi connectivity index (χ0v) is 13.7. The van der Waals surface area contributed by atoms with Gasteiger partial charge in [0, 0.05) is 5.56 Å². The van der Waals surface area contributed by atoms with E-state index in [0.29, 0.717) is 17.1 Å². The predicted octanol–water partition coefficient (Wildman–Crippen LogP) is 1.69. The summed E-state index contributed by atoms with van der Waals surface area (Å²) in [5.41, 5.74) is 5.05. The topological polar surface area (TPSA) is 110 Å². The third-order valence-corrected chi connectivity index (χ3v) is 3.32. The molecule has 24 heavy (non-hydrogen) atoms. The second-order valence-corrected chi connectivity index (χ2v) is 4.96. The highest BCUT2D eigenvalue weighted by Gasteiger charge is 2.18. The Hall–Kier alpha value is -3.16. The molecule has 0 spiro atoms. The number of benzene rings is 1. The number of aryl methyl sites for hydroxylation is 2. The van der Waals surface area contributed by atoms with Crippen molar-refractivity contribution >= 4 is 11.8 Å². The molecule has 0 radical (unpaired) electrons. The van der Waals surface area contributed by atoms with Crippen LogP contribution in [0.25, 0.3) is 0 Å². The summed E-state index contributed by atoms with van der Waals surface area (Å²) in [7, 11) is 2.70. The maximum atomic E-state index is 12.2. The van der Waals surface area contributed by atoms with Gasteiger partial charge in [0.1, 0.15) is 11.5 Å². The molecule has 0 unspecified atom stereocenters. The summed E-state index contributed by atoms with van der Waals surface area (Å²) in [4.78, 5) is 24.2. The molecule has 0 fully saturated rings. The number of furan rings is 1. The van der Waals surface area contributed by atoms with Crippen molar-refractivity contribution in [1.82, 2.24) is 10.9 Å². The van der Waals surface area contributed by atoms with Crippen LogP contribution in [0.5, 0.6) is 17.2 Å². The van der Waals surface area contributed by atoms with Crippen LogP contribution in [0.2, 0.25) is 0 Å². The number of phenols is 1. The second-order valence-electron chi connectivity index (χ2n) is 4.96. The summed E-state index contributed by atoms with van der Waals surface area (Å²) in [5, 5.41) is 9.83. The molecule has 2 rings (SSSR count). The van der Waals surface area contributed by atoms with Gasteiger partial charge in [0.15, 0.2) is 11.5 Å². The number of ether oxygens (including phenoxy) is 2. The lowest BCUT2D eigenvalue weighted by Crippen LogP contribution is -2.41. The van der Waals surface area contributed by atoms with Gasteiger partial charge in [-0.1, -0.05) is 0 Å². The molecule has 8 heteroatoms. The van der Waals surface area contributed by atoms with E-state index < -0.39 is 11.8 Å². The number of hydrogen-bond acceptors (Lipinski definition) is 6. The zero-order chi connectivity index (χ0) is 17.9. The van der Waals surface area contributed by atoms with Crippen LogP contribution in [0.1, 0.15) is 32.2 Å². The predicted molar refractivity (Wildman–Crippen MR) is 84.3 cm³/mol. The molecule has 1 heterocycles. The maximum absolute atomic E-state index is 12.2. The van der Waals surface area contributed by atoms with Crippen LogP contribution in [0.4, 0.5) is 0 Å². The Morgan fingerprint density at radius 1 is 1.00 bits per heavy atom. The van der Waals surface area contributed by atoms with E-state index in [1.807, 2.05) is 0 Å². The van der Waals surface area contributed by atoms with Gasteiger partial charge in [-0.25, -0.2) is 0 Å². The first-order chi connectivity index (χ1) is 11.4. The number of hydrogen-bond donors (Lipinski definition) is 3. The number of nitrogens with one attached hydrogen (secondary N) is 2. The monoisotopic (exact) mass is 334 g/mol. The molecule has 128 valence electrons. The third kappa shape index (κ3) is 3.43. The van der Waals surface area contributed by atoms with Gasteiger partial charge in [-0.2, -0.15) is 0 Å². The highest BCUT2D eigenvalue weighted by Crippen LogP contribution is 2.36. The van der Waals surface area contributed by atoms with Gasteiger partial charge >= 0.3 is 0 Å². The van der Waals surface area contributed by atoms with E-state index in [9.17, 15) is 14.7 Å². The zero-order valence-electron chi connectivity index (χ0n) is 13.7. The molecule has 0 saturated carbocycles. The number of carbonyl (C=O) groups excluding carboxylic acids is 2. The second kappa shape index (κ2) is 6.95. The molecule has 0 atom stereocenters. The summed E-state index contributed by atoms with van der Waals surface area (Å²) < 4.78 is 15.2. The standard InChI is InChI=1S/C16H18N2O6/c1-8-5-11(9(2)24-8)16(21)18-17-15(20)10-6-12(22-3)14(19)13(7-10)23-4/h5-7,19H,1-4H3,(H,17,20)(H,18,21). The number of phenolic OH excluding ortho intramolecular Hbond substituents is 1. The molecule has 0 aliphatic carbocycles. The Bertz CT molecular complexity index is 756. The first kappa shape index (κ1) is 17.2. The number of methoxy groups -OCH3 is 2. The average Bonchev–Trinajstić information content (AvgIpc) is 2.91. The maximum Gasteiger partial charge on any atom is 0.273 e. The summed E-state index contributed by atoms with van der Waals surface area (Å²) in [6.07, 6.45) is 0. The minimum Gasteiger partial charge on any atom is -0.502 e. The fraction of sp³-hybridized carbons (Fsp3) is 0.250. The normalized spacial score (nSPS) is 10.2. The van der Waals surface area contributed by atoms with Crippen molar-refractivity contribution in [3.63, 3.8) is 0 Å². The van der Waals surface area contributed by atoms with Crippen LogP contribution < -0.4 is 20.3 Å². The lowest BCUT2D eigenvalue weighted by Gasteiger charge is -2.11. The molecule has 1 aromatic heterocycles. The van der Waals surface area contributed by atoms with Crippen LogP contribution in [-0.4, -0.2) is 31.1 Å². The minimum absolute atomic E-state index is 0.0760. The van der Waals surface area contributed by atoms with Crippen LogP contribution in [-0.2, 0) is 0 Å². The lowest BCUT2D eigenvalue weighted by molar-refractivity contribution is 0.0845. The summed E-state index contributed by atoms with van der Waals surface area (Å²) in [6, 6.07) is 4.22. The van der Waals surface area contributed by atoms with Crippen molar-refractivity contribution in [1.29, 1.82) is 0 Å². The highest BCUT2D eigenvalue weighted by atomic mass is 16.5. The van der Waals surface area contributed by atoms with Crippen molar-refractivity contribution < 1.29 is 28.6 Å². The summed E-state index contributed by atoms with van der Waals surface area (Å²) in [5.74, 6) is -0.123. The van der Waals surface area contributed by atoms with Crippen LogP contribution in [0, 0.1) is 13.8 Å². The van der Waals surface area contributed by atoms with Gasteiger partial charge in [-0.15, -0.1) is 0 Å². The van der Waals surface area contributed by atoms with Crippen molar-refractivity contribution in [2.24, 2.45) is 0 Å². The SMILES string of the molecule is COc1cc(C(=O)NNC(=O)c2cc(C)oc2C)cc(OC)c1O. The Labute approximate surface area is 138 Å². The molecule has 3 N–H and O–H groups in total. The van der Waals surface area contributed by atoms with E-state index in [2.05, 4.69) is 10.9 Å². The highest BCUT2D eigenvalue weighted by molar-refractivity contribution is 6.00. The van der Waals surface area contributed by atoms with Crippen molar-refractivity contribution in [2.45, 2.75) is 13.8 Å². The van der Waals surface area contributed by atoms with Gasteiger partial charge < -0.3 is 19.0 Å². The number of carbonyl (C=O) groups is 2. The van der Waals surface area contributed by atoms with E-state index in [0.717, 1.165) is 0 Å². The first-order valence-corrected chi connectivity index (χ1v) is 7.00. The molecule has 0 aliphatic rings. The molecule has 1 aromatic carbocycles. The Morgan fingerprint density at radius 3 is 2.00 bits per heavy atom. The molecule has 0 saturated heterocycles. The molecular formula is C16H18N2O6. The van der Waals surface area contributed by atoms with E-state index >= 15 is 0 Å². The Balaban J connectivity index is 2.12. The fourth-order valence-corrected chi connectivity index (χ4v) is 2.13. The molecule has 8 nitrogen and oxygen atoms in total. The molecule has 0 bridgehead atoms. The van der Waals surface area contributed by atoms with Gasteiger partial charge in [0.05, 0.1) is 19.8 Å². The number of hydrazine groups is 1. The van der Waals surface area contributed by atoms with Gasteiger partial charge in [0.2, 0.25) is 5.75 Å². The fourth-order valence-electron chi connectivity index (χ4n) is 2.13. The lowest BCUT2D eigenvalue weighted by atomic mass is 10.1. The van der Waals surface area contributed by atoms with E-state index in [4.69, 9.17) is 13.9 Å². The number of rotatable bonds is 4. The van der Waals surface area contributed by atoms with Gasteiger partial charge in [0.25, 0.3) is 11.8 Å². The molecule has 2 amide bonds. The minimum atomic E-state index is -0.599. The Kier molecular flexibility index (Phi) is 4.98. The average molecular weight is 334 g/mol. The van der Waals surface area contributed by atoms with Crippen molar-refractivity contribution in [2.75, 3.05) is 14.2 Å². The van der Waals surface area contributed by atoms with Gasteiger partial charge in [-0.3, -0.25) is 20.4 Å². The van der Waals surface area contributed by atoms with Crippen LogP contribution in [0.15, 0.2) is 22.6 Å². The number of aromatic hydroxyl groups is 1. The summed E-state index contributed by atoms with van der Waals surface area (Å²) >= 11 is 0. The van der Waals surface area contributed by atoms with Crippen LogP contribution in [0.3, 0.4) is 0 Å². The van der Waals surface area contributed by atoms with Crippen LogP contribution >= 0.6 is 0 Å². The Morgan fingerprint density at radius 2 is 1.54 bits per heavy atom. The summed E-state index contributed by atoms with van der Waals surface area (Å²) in [6.45, 7) is 3.37. The van der Waals surface area contributed by atoms with E-state index in [1.165, 1.54) is 26.4 Å². The van der Waals surface area contributed by atoms with E-state index in [1.54, 1.807) is 19.9 Å². The third-order valence-electron chi connectivity index (χ3n) is 3.32.